The van der Waals surface area contributed by atoms with Crippen LogP contribution in [0.25, 0.3) is 0 Å². The van der Waals surface area contributed by atoms with Crippen molar-refractivity contribution in [2.24, 2.45) is 11.8 Å². The van der Waals surface area contributed by atoms with Gasteiger partial charge in [-0.15, -0.1) is 0 Å². The normalized spacial score (nSPS) is 42.1. The summed E-state index contributed by atoms with van der Waals surface area (Å²) in [6.45, 7) is 1.27. The lowest BCUT2D eigenvalue weighted by atomic mass is 9.59. The highest BCUT2D eigenvalue weighted by atomic mass is 19.1. The molecule has 2 saturated heterocycles. The van der Waals surface area contributed by atoms with Crippen LogP contribution in [0.4, 0.5) is 4.39 Å². The van der Waals surface area contributed by atoms with Crippen LogP contribution < -0.4 is 0 Å². The van der Waals surface area contributed by atoms with E-state index in [2.05, 4.69) is 11.0 Å². The van der Waals surface area contributed by atoms with E-state index in [-0.39, 0.29) is 5.82 Å². The molecule has 0 N–H and O–H groups in total. The van der Waals surface area contributed by atoms with Crippen molar-refractivity contribution in [1.82, 2.24) is 4.90 Å². The average Bonchev–Trinajstić information content (AvgIpc) is 2.96. The van der Waals surface area contributed by atoms with Gasteiger partial charge in [-0.3, -0.25) is 4.90 Å². The largest absolute Gasteiger partial charge is 0.292 e. The summed E-state index contributed by atoms with van der Waals surface area (Å²) in [5, 5.41) is 0. The minimum Gasteiger partial charge on any atom is -0.292 e. The molecular formula is C18H22FN. The highest BCUT2D eigenvalue weighted by Gasteiger charge is 2.56. The number of hydrogen-bond donors (Lipinski definition) is 0. The maximum absolute atomic E-state index is 13.8. The van der Waals surface area contributed by atoms with Gasteiger partial charge < -0.3 is 0 Å². The number of rotatable bonds is 0. The molecule has 2 heteroatoms. The van der Waals surface area contributed by atoms with Gasteiger partial charge in [-0.05, 0) is 67.3 Å². The Morgan fingerprint density at radius 2 is 1.85 bits per heavy atom. The lowest BCUT2D eigenvalue weighted by Gasteiger charge is -2.59. The van der Waals surface area contributed by atoms with E-state index in [1.54, 1.807) is 6.07 Å². The molecule has 1 nitrogen and oxygen atoms in total. The first-order chi connectivity index (χ1) is 9.84. The Bertz CT molecular complexity index is 554. The Morgan fingerprint density at radius 1 is 0.950 bits per heavy atom. The van der Waals surface area contributed by atoms with Gasteiger partial charge in [-0.1, -0.05) is 18.9 Å². The third-order valence-electron chi connectivity index (χ3n) is 6.58. The van der Waals surface area contributed by atoms with E-state index in [0.29, 0.717) is 18.0 Å². The first-order valence-corrected chi connectivity index (χ1v) is 8.40. The van der Waals surface area contributed by atoms with Gasteiger partial charge in [-0.2, -0.15) is 0 Å². The molecule has 106 valence electrons. The summed E-state index contributed by atoms with van der Waals surface area (Å²) >= 11 is 0. The molecule has 3 aliphatic heterocycles. The van der Waals surface area contributed by atoms with Crippen LogP contribution in [0.15, 0.2) is 18.2 Å². The van der Waals surface area contributed by atoms with Crippen molar-refractivity contribution >= 4 is 0 Å². The maximum Gasteiger partial charge on any atom is 0.123 e. The maximum atomic E-state index is 13.8. The lowest BCUT2D eigenvalue weighted by molar-refractivity contribution is -0.0442. The molecule has 2 aliphatic carbocycles. The fourth-order valence-electron chi connectivity index (χ4n) is 6.05. The molecule has 1 aromatic carbocycles. The Morgan fingerprint density at radius 3 is 2.80 bits per heavy atom. The Hall–Kier alpha value is -0.890. The zero-order valence-corrected chi connectivity index (χ0v) is 11.9. The molecule has 2 bridgehead atoms. The van der Waals surface area contributed by atoms with E-state index in [9.17, 15) is 4.39 Å². The fraction of sp³-hybridized carbons (Fsp3) is 0.667. The van der Waals surface area contributed by atoms with E-state index in [1.165, 1.54) is 56.2 Å². The van der Waals surface area contributed by atoms with Crippen molar-refractivity contribution in [3.63, 3.8) is 0 Å². The van der Waals surface area contributed by atoms with Crippen LogP contribution in [0.3, 0.4) is 0 Å². The predicted molar refractivity (Wildman–Crippen MR) is 77.1 cm³/mol. The van der Waals surface area contributed by atoms with Crippen LogP contribution >= 0.6 is 0 Å². The third-order valence-corrected chi connectivity index (χ3v) is 6.58. The topological polar surface area (TPSA) is 3.24 Å². The minimum atomic E-state index is -0.0341. The number of benzene rings is 1. The van der Waals surface area contributed by atoms with Gasteiger partial charge in [-0.25, -0.2) is 4.39 Å². The SMILES string of the molecule is Fc1ccc2c(c1)[C@H]1[C@@H]3CCC[C@@H]3[C@@H]2N2CCCC[C@H]12. The first-order valence-electron chi connectivity index (χ1n) is 8.40. The molecule has 0 spiro atoms. The highest BCUT2D eigenvalue weighted by molar-refractivity contribution is 5.42. The second-order valence-corrected chi connectivity index (χ2v) is 7.30. The van der Waals surface area contributed by atoms with Gasteiger partial charge in [0.25, 0.3) is 0 Å². The zero-order chi connectivity index (χ0) is 13.3. The van der Waals surface area contributed by atoms with E-state index >= 15 is 0 Å². The highest BCUT2D eigenvalue weighted by Crippen LogP contribution is 2.62. The van der Waals surface area contributed by atoms with Crippen LogP contribution in [-0.2, 0) is 0 Å². The van der Waals surface area contributed by atoms with Gasteiger partial charge in [0.05, 0.1) is 0 Å². The van der Waals surface area contributed by atoms with Crippen molar-refractivity contribution < 1.29 is 4.39 Å². The summed E-state index contributed by atoms with van der Waals surface area (Å²) in [6, 6.07) is 6.97. The van der Waals surface area contributed by atoms with Crippen molar-refractivity contribution in [1.29, 1.82) is 0 Å². The standard InChI is InChI=1S/C18H22FN/c19-11-7-8-14-15(10-11)17-12-4-3-5-13(12)18(14)20-9-2-1-6-16(17)20/h7-8,10,12-13,16-18H,1-6,9H2/t12-,13+,16-,17-,18+/m1/s1. The monoisotopic (exact) mass is 271 g/mol. The molecule has 6 rings (SSSR count). The van der Waals surface area contributed by atoms with E-state index in [0.717, 1.165) is 11.8 Å². The summed E-state index contributed by atoms with van der Waals surface area (Å²) in [5.41, 5.74) is 2.85. The van der Waals surface area contributed by atoms with E-state index in [1.807, 2.05) is 6.07 Å². The van der Waals surface area contributed by atoms with Gasteiger partial charge in [0.2, 0.25) is 0 Å². The molecule has 0 unspecified atom stereocenters. The molecule has 3 fully saturated rings. The van der Waals surface area contributed by atoms with Crippen LogP contribution in [0.5, 0.6) is 0 Å². The number of piperidine rings is 2. The van der Waals surface area contributed by atoms with E-state index < -0.39 is 0 Å². The van der Waals surface area contributed by atoms with Crippen molar-refractivity contribution in [3.05, 3.63) is 35.1 Å². The molecule has 0 amide bonds. The molecule has 1 saturated carbocycles. The molecule has 5 atom stereocenters. The van der Waals surface area contributed by atoms with Gasteiger partial charge in [0.15, 0.2) is 0 Å². The summed E-state index contributed by atoms with van der Waals surface area (Å²) in [7, 11) is 0. The van der Waals surface area contributed by atoms with Crippen LogP contribution in [0.1, 0.15) is 61.6 Å². The summed E-state index contributed by atoms with van der Waals surface area (Å²) < 4.78 is 13.8. The Labute approximate surface area is 120 Å². The molecular weight excluding hydrogens is 249 g/mol. The van der Waals surface area contributed by atoms with Crippen LogP contribution in [0, 0.1) is 17.7 Å². The second kappa shape index (κ2) is 4.07. The van der Waals surface area contributed by atoms with E-state index in [4.69, 9.17) is 0 Å². The molecule has 3 heterocycles. The van der Waals surface area contributed by atoms with Crippen molar-refractivity contribution in [2.75, 3.05) is 6.54 Å². The molecule has 0 aromatic heterocycles. The fourth-order valence-corrected chi connectivity index (χ4v) is 6.05. The number of hydrogen-bond acceptors (Lipinski definition) is 1. The second-order valence-electron chi connectivity index (χ2n) is 7.30. The van der Waals surface area contributed by atoms with Crippen molar-refractivity contribution in [2.45, 2.75) is 56.5 Å². The third kappa shape index (κ3) is 1.36. The lowest BCUT2D eigenvalue weighted by Crippen LogP contribution is -2.58. The number of nitrogens with zero attached hydrogens (tertiary/aromatic N) is 1. The molecule has 5 aliphatic rings. The van der Waals surface area contributed by atoms with Gasteiger partial charge >= 0.3 is 0 Å². The smallest absolute Gasteiger partial charge is 0.123 e. The van der Waals surface area contributed by atoms with Crippen molar-refractivity contribution in [3.8, 4) is 0 Å². The first kappa shape index (κ1) is 11.7. The minimum absolute atomic E-state index is 0.0341. The Kier molecular flexibility index (Phi) is 2.39. The molecule has 1 aromatic rings. The molecule has 20 heavy (non-hydrogen) atoms. The van der Waals surface area contributed by atoms with Crippen LogP contribution in [-0.4, -0.2) is 17.5 Å². The summed E-state index contributed by atoms with van der Waals surface area (Å²) in [5.74, 6) is 2.28. The Balaban J connectivity index is 1.71. The van der Waals surface area contributed by atoms with Gasteiger partial charge in [0, 0.05) is 18.0 Å². The predicted octanol–water partition coefficient (Wildman–Crippen LogP) is 4.25. The average molecular weight is 271 g/mol. The van der Waals surface area contributed by atoms with Crippen LogP contribution in [0.2, 0.25) is 0 Å². The van der Waals surface area contributed by atoms with Gasteiger partial charge in [0.1, 0.15) is 5.82 Å². The number of halogens is 1. The summed E-state index contributed by atoms with van der Waals surface area (Å²) in [6.07, 6.45) is 8.22. The summed E-state index contributed by atoms with van der Waals surface area (Å²) in [4.78, 5) is 2.81. The quantitative estimate of drug-likeness (QED) is 0.682. The molecule has 0 radical (unpaired) electrons. The zero-order valence-electron chi connectivity index (χ0n) is 11.9.